The van der Waals surface area contributed by atoms with E-state index in [1.807, 2.05) is 0 Å². The van der Waals surface area contributed by atoms with Crippen molar-refractivity contribution in [2.75, 3.05) is 13.7 Å². The van der Waals surface area contributed by atoms with Crippen molar-refractivity contribution in [3.63, 3.8) is 0 Å². The number of rotatable bonds is 7. The lowest BCUT2D eigenvalue weighted by molar-refractivity contribution is 0.0952. The van der Waals surface area contributed by atoms with Crippen molar-refractivity contribution in [3.8, 4) is 5.75 Å². The van der Waals surface area contributed by atoms with Gasteiger partial charge in [0.2, 0.25) is 0 Å². The zero-order valence-corrected chi connectivity index (χ0v) is 16.2. The van der Waals surface area contributed by atoms with Gasteiger partial charge < -0.3 is 9.64 Å². The number of aliphatic imine (C=N–C) groups is 1. The molecule has 0 aliphatic heterocycles. The van der Waals surface area contributed by atoms with Crippen molar-refractivity contribution in [2.45, 2.75) is 13.0 Å². The summed E-state index contributed by atoms with van der Waals surface area (Å²) in [5.74, 6) is 0.0236. The van der Waals surface area contributed by atoms with E-state index in [9.17, 15) is 9.59 Å². The lowest BCUT2D eigenvalue weighted by Crippen LogP contribution is -2.50. The number of amides is 3. The Morgan fingerprint density at radius 3 is 2.61 bits per heavy atom. The maximum Gasteiger partial charge on any atom is 0.325 e. The number of ether oxygens (including phenoxy) is 1. The fourth-order valence-electron chi connectivity index (χ4n) is 2.32. The number of imide groups is 1. The number of carbonyl (C=O) groups is 2. The highest BCUT2D eigenvalue weighted by Gasteiger charge is 2.25. The average molecular weight is 402 g/mol. The Labute approximate surface area is 167 Å². The second-order valence-electron chi connectivity index (χ2n) is 5.56. The molecule has 146 valence electrons. The van der Waals surface area contributed by atoms with Crippen molar-refractivity contribution >= 4 is 40.6 Å². The summed E-state index contributed by atoms with van der Waals surface area (Å²) < 4.78 is 5.04. The summed E-state index contributed by atoms with van der Waals surface area (Å²) in [5.41, 5.74) is 0.850. The van der Waals surface area contributed by atoms with Crippen molar-refractivity contribution in [1.82, 2.24) is 15.2 Å². The molecule has 9 heteroatoms. The Morgan fingerprint density at radius 1 is 1.36 bits per heavy atom. The van der Waals surface area contributed by atoms with E-state index in [4.69, 9.17) is 21.7 Å². The average Bonchev–Trinajstić information content (AvgIpc) is 2.71. The lowest BCUT2D eigenvalue weighted by atomic mass is 10.2. The predicted octanol–water partition coefficient (Wildman–Crippen LogP) is 3.25. The van der Waals surface area contributed by atoms with Crippen molar-refractivity contribution in [1.29, 1.82) is 5.41 Å². The van der Waals surface area contributed by atoms with Crippen LogP contribution in [0.1, 0.15) is 17.3 Å². The summed E-state index contributed by atoms with van der Waals surface area (Å²) in [6.45, 7) is 1.92. The van der Waals surface area contributed by atoms with Gasteiger partial charge in [-0.1, -0.05) is 11.6 Å². The van der Waals surface area contributed by atoms with Gasteiger partial charge in [0.15, 0.2) is 0 Å². The molecule has 28 heavy (non-hydrogen) atoms. The molecule has 2 aromatic rings. The number of pyridine rings is 1. The Morgan fingerprint density at radius 2 is 2.07 bits per heavy atom. The van der Waals surface area contributed by atoms with Crippen LogP contribution >= 0.6 is 11.6 Å². The van der Waals surface area contributed by atoms with Gasteiger partial charge in [-0.05, 0) is 43.3 Å². The van der Waals surface area contributed by atoms with Crippen LogP contribution in [0, 0.1) is 5.41 Å². The van der Waals surface area contributed by atoms with Crippen molar-refractivity contribution in [2.24, 2.45) is 4.99 Å². The van der Waals surface area contributed by atoms with Gasteiger partial charge in [-0.2, -0.15) is 0 Å². The van der Waals surface area contributed by atoms with Gasteiger partial charge in [0.25, 0.3) is 5.91 Å². The molecule has 0 aliphatic rings. The molecule has 0 bridgehead atoms. The molecule has 2 N–H and O–H groups in total. The van der Waals surface area contributed by atoms with E-state index in [1.54, 1.807) is 49.5 Å². The van der Waals surface area contributed by atoms with E-state index in [2.05, 4.69) is 15.3 Å². The minimum atomic E-state index is -0.921. The normalized spacial score (nSPS) is 11.7. The highest BCUT2D eigenvalue weighted by molar-refractivity contribution is 6.67. The number of benzene rings is 1. The number of aromatic nitrogens is 1. The van der Waals surface area contributed by atoms with Crippen LogP contribution in [0.3, 0.4) is 0 Å². The summed E-state index contributed by atoms with van der Waals surface area (Å²) in [7, 11) is 1.52. The second kappa shape index (κ2) is 10.2. The number of hydrogen-bond acceptors (Lipinski definition) is 6. The van der Waals surface area contributed by atoms with Crippen LogP contribution < -0.4 is 10.1 Å². The maximum atomic E-state index is 12.6. The number of hydrogen-bond donors (Lipinski definition) is 2. The highest BCUT2D eigenvalue weighted by atomic mass is 35.5. The van der Waals surface area contributed by atoms with Crippen LogP contribution in [0.4, 0.5) is 10.5 Å². The number of halogens is 1. The fourth-order valence-corrected chi connectivity index (χ4v) is 2.49. The lowest BCUT2D eigenvalue weighted by Gasteiger charge is -2.26. The smallest absolute Gasteiger partial charge is 0.325 e. The van der Waals surface area contributed by atoms with Crippen LogP contribution in [0.25, 0.3) is 0 Å². The van der Waals surface area contributed by atoms with Crippen LogP contribution in [0.5, 0.6) is 5.75 Å². The molecule has 0 saturated carbocycles. The molecule has 3 amide bonds. The van der Waals surface area contributed by atoms with Crippen LogP contribution in [0.2, 0.25) is 0 Å². The zero-order valence-electron chi connectivity index (χ0n) is 15.4. The second-order valence-corrected chi connectivity index (χ2v) is 5.96. The molecule has 1 unspecified atom stereocenters. The first-order chi connectivity index (χ1) is 13.5. The molecule has 8 nitrogen and oxygen atoms in total. The van der Waals surface area contributed by atoms with Gasteiger partial charge in [0, 0.05) is 24.5 Å². The summed E-state index contributed by atoms with van der Waals surface area (Å²) in [6.07, 6.45) is 4.51. The number of methoxy groups -OCH3 is 1. The van der Waals surface area contributed by atoms with E-state index < -0.39 is 18.0 Å². The summed E-state index contributed by atoms with van der Waals surface area (Å²) in [4.78, 5) is 34.3. The van der Waals surface area contributed by atoms with Gasteiger partial charge in [-0.3, -0.25) is 25.5 Å². The largest absolute Gasteiger partial charge is 0.497 e. The number of carbonyl (C=O) groups excluding carboxylic acids is 2. The molecule has 0 fully saturated rings. The minimum absolute atomic E-state index is 0.209. The Kier molecular flexibility index (Phi) is 7.65. The summed E-state index contributed by atoms with van der Waals surface area (Å²) in [5, 5.41) is 9.77. The third kappa shape index (κ3) is 5.62. The first kappa shape index (κ1) is 21.0. The number of nitrogens with zero attached hydrogens (tertiary/aromatic N) is 3. The Hall–Kier alpha value is -3.26. The van der Waals surface area contributed by atoms with Crippen LogP contribution in [-0.4, -0.2) is 52.9 Å². The SMILES string of the molecule is CCN(C(=O)NC(=O)c1ccc(OC)cc1)C(C=Nc1cccnc1)C(=N)Cl. The quantitative estimate of drug-likeness (QED) is 0.694. The van der Waals surface area contributed by atoms with E-state index in [0.717, 1.165) is 0 Å². The molecule has 0 radical (unpaired) electrons. The predicted molar refractivity (Wildman–Crippen MR) is 108 cm³/mol. The van der Waals surface area contributed by atoms with Crippen LogP contribution in [-0.2, 0) is 0 Å². The first-order valence-corrected chi connectivity index (χ1v) is 8.78. The van der Waals surface area contributed by atoms with E-state index in [0.29, 0.717) is 17.0 Å². The number of urea groups is 1. The molecule has 0 aliphatic carbocycles. The van der Waals surface area contributed by atoms with Gasteiger partial charge in [0.05, 0.1) is 19.0 Å². The number of nitrogens with one attached hydrogen (secondary N) is 2. The zero-order chi connectivity index (χ0) is 20.5. The molecule has 2 rings (SSSR count). The van der Waals surface area contributed by atoms with E-state index in [1.165, 1.54) is 24.4 Å². The molecule has 1 aromatic heterocycles. The third-order valence-electron chi connectivity index (χ3n) is 3.78. The maximum absolute atomic E-state index is 12.6. The molecule has 1 aromatic carbocycles. The molecular formula is C19H20ClN5O3. The Balaban J connectivity index is 2.13. The van der Waals surface area contributed by atoms with E-state index >= 15 is 0 Å². The topological polar surface area (TPSA) is 108 Å². The molecular weight excluding hydrogens is 382 g/mol. The van der Waals surface area contributed by atoms with E-state index in [-0.39, 0.29) is 11.7 Å². The van der Waals surface area contributed by atoms with Crippen molar-refractivity contribution in [3.05, 3.63) is 54.4 Å². The summed E-state index contributed by atoms with van der Waals surface area (Å²) in [6, 6.07) is 8.16. The molecule has 1 atom stereocenters. The van der Waals surface area contributed by atoms with Crippen molar-refractivity contribution < 1.29 is 14.3 Å². The first-order valence-electron chi connectivity index (χ1n) is 8.40. The fraction of sp³-hybridized carbons (Fsp3) is 0.211. The van der Waals surface area contributed by atoms with Gasteiger partial charge in [-0.25, -0.2) is 4.79 Å². The monoisotopic (exact) mass is 401 g/mol. The summed E-state index contributed by atoms with van der Waals surface area (Å²) >= 11 is 5.87. The standard InChI is InChI=1S/C19H20ClN5O3/c1-3-25(16(17(20)21)12-23-14-5-4-10-22-11-14)19(27)24-18(26)13-6-8-15(28-2)9-7-13/h4-12,16,21H,3H2,1-2H3,(H,24,26,27). The Bertz CT molecular complexity index is 856. The highest BCUT2D eigenvalue weighted by Crippen LogP contribution is 2.12. The third-order valence-corrected chi connectivity index (χ3v) is 4.00. The van der Waals surface area contributed by atoms with Crippen LogP contribution in [0.15, 0.2) is 53.8 Å². The molecule has 1 heterocycles. The van der Waals surface area contributed by atoms with Gasteiger partial charge in [-0.15, -0.1) is 0 Å². The minimum Gasteiger partial charge on any atom is -0.497 e. The molecule has 0 saturated heterocycles. The molecule has 0 spiro atoms. The van der Waals surface area contributed by atoms with Gasteiger partial charge >= 0.3 is 6.03 Å². The van der Waals surface area contributed by atoms with Gasteiger partial charge in [0.1, 0.15) is 17.0 Å².